The number of fused-ring (bicyclic) bond motifs is 1. The molecule has 4 nitrogen and oxygen atoms in total. The van der Waals surface area contributed by atoms with Crippen molar-refractivity contribution in [2.24, 2.45) is 0 Å². The number of hydrogen-bond donors (Lipinski definition) is 1. The summed E-state index contributed by atoms with van der Waals surface area (Å²) in [5.74, 6) is -1.33. The predicted molar refractivity (Wildman–Crippen MR) is 114 cm³/mol. The molecular formula is C25H20FNO3. The first-order valence-electron chi connectivity index (χ1n) is 9.58. The minimum atomic E-state index is -1.03. The Morgan fingerprint density at radius 3 is 2.47 bits per heavy atom. The molecule has 0 spiro atoms. The van der Waals surface area contributed by atoms with Gasteiger partial charge in [-0.3, -0.25) is 4.79 Å². The van der Waals surface area contributed by atoms with Crippen LogP contribution in [0.15, 0.2) is 60.7 Å². The van der Waals surface area contributed by atoms with Gasteiger partial charge in [0.25, 0.3) is 0 Å². The van der Waals surface area contributed by atoms with Crippen LogP contribution in [-0.4, -0.2) is 21.8 Å². The number of carbonyl (C=O) groups is 2. The van der Waals surface area contributed by atoms with Crippen LogP contribution in [0.25, 0.3) is 16.6 Å². The number of carboxylic acids is 1. The maximum absolute atomic E-state index is 14.2. The number of aryl methyl sites for hydroxylation is 1. The van der Waals surface area contributed by atoms with Crippen LogP contribution in [0.5, 0.6) is 0 Å². The summed E-state index contributed by atoms with van der Waals surface area (Å²) in [7, 11) is 0. The van der Waals surface area contributed by atoms with Gasteiger partial charge in [0.2, 0.25) is 0 Å². The van der Waals surface area contributed by atoms with Gasteiger partial charge in [0.05, 0.1) is 16.8 Å². The lowest BCUT2D eigenvalue weighted by Crippen LogP contribution is -2.03. The molecule has 0 saturated carbocycles. The van der Waals surface area contributed by atoms with E-state index in [1.165, 1.54) is 6.07 Å². The molecule has 0 fully saturated rings. The van der Waals surface area contributed by atoms with Gasteiger partial charge in [-0.1, -0.05) is 42.5 Å². The molecule has 2 aromatic carbocycles. The monoisotopic (exact) mass is 401 g/mol. The summed E-state index contributed by atoms with van der Waals surface area (Å²) in [6.07, 6.45) is 1.14. The van der Waals surface area contributed by atoms with Gasteiger partial charge >= 0.3 is 5.97 Å². The molecule has 1 N–H and O–H groups in total. The largest absolute Gasteiger partial charge is 0.478 e. The Bertz CT molecular complexity index is 1290. The number of rotatable bonds is 5. The number of aromatic carboxylic acids is 1. The standard InChI is InChI=1S/C25H20FNO3/c1-15-11-19(25(29)30)13-22-24(17-7-4-3-5-8-17)20(23(14-28)27(15)22)12-18-9-6-10-21(26)16(18)2/h3-11,13-14H,12H2,1-2H3,(H,29,30). The highest BCUT2D eigenvalue weighted by atomic mass is 19.1. The number of carboxylic acid groups (broad SMARTS) is 1. The zero-order chi connectivity index (χ0) is 21.4. The second kappa shape index (κ2) is 7.59. The molecule has 2 aromatic heterocycles. The van der Waals surface area contributed by atoms with Crippen LogP contribution < -0.4 is 0 Å². The number of aldehydes is 1. The highest BCUT2D eigenvalue weighted by Gasteiger charge is 2.23. The van der Waals surface area contributed by atoms with Crippen LogP contribution >= 0.6 is 0 Å². The van der Waals surface area contributed by atoms with Gasteiger partial charge in [-0.25, -0.2) is 9.18 Å². The fourth-order valence-corrected chi connectivity index (χ4v) is 4.04. The Morgan fingerprint density at radius 2 is 1.80 bits per heavy atom. The molecule has 0 bridgehead atoms. The quantitative estimate of drug-likeness (QED) is 0.452. The lowest BCUT2D eigenvalue weighted by molar-refractivity contribution is 0.0696. The van der Waals surface area contributed by atoms with Crippen LogP contribution in [0.3, 0.4) is 0 Å². The van der Waals surface area contributed by atoms with E-state index in [1.54, 1.807) is 36.4 Å². The second-order valence-electron chi connectivity index (χ2n) is 7.33. The van der Waals surface area contributed by atoms with E-state index in [4.69, 9.17) is 0 Å². The maximum Gasteiger partial charge on any atom is 0.335 e. The van der Waals surface area contributed by atoms with E-state index < -0.39 is 5.97 Å². The molecule has 2 heterocycles. The third-order valence-corrected chi connectivity index (χ3v) is 5.53. The van der Waals surface area contributed by atoms with Crippen LogP contribution in [0.2, 0.25) is 0 Å². The predicted octanol–water partition coefficient (Wildman–Crippen LogP) is 5.46. The molecule has 4 aromatic rings. The van der Waals surface area contributed by atoms with Gasteiger partial charge < -0.3 is 9.51 Å². The number of carbonyl (C=O) groups excluding carboxylic acids is 1. The first-order valence-corrected chi connectivity index (χ1v) is 9.58. The molecule has 0 aliphatic carbocycles. The molecule has 4 rings (SSSR count). The van der Waals surface area contributed by atoms with Gasteiger partial charge in [-0.15, -0.1) is 0 Å². The summed E-state index contributed by atoms with van der Waals surface area (Å²) in [5, 5.41) is 9.55. The zero-order valence-electron chi connectivity index (χ0n) is 16.6. The van der Waals surface area contributed by atoms with E-state index in [9.17, 15) is 19.1 Å². The fraction of sp³-hybridized carbons (Fsp3) is 0.120. The number of hydrogen-bond acceptors (Lipinski definition) is 2. The van der Waals surface area contributed by atoms with Gasteiger partial charge in [-0.2, -0.15) is 0 Å². The van der Waals surface area contributed by atoms with Crippen LogP contribution in [0.4, 0.5) is 4.39 Å². The van der Waals surface area contributed by atoms with Crippen molar-refractivity contribution in [1.29, 1.82) is 0 Å². The van der Waals surface area contributed by atoms with Crippen molar-refractivity contribution in [1.82, 2.24) is 4.40 Å². The van der Waals surface area contributed by atoms with Crippen molar-refractivity contribution in [2.75, 3.05) is 0 Å². The molecule has 0 aliphatic rings. The normalized spacial score (nSPS) is 11.0. The molecule has 0 saturated heterocycles. The zero-order valence-corrected chi connectivity index (χ0v) is 16.6. The van der Waals surface area contributed by atoms with E-state index >= 15 is 0 Å². The molecule has 0 amide bonds. The van der Waals surface area contributed by atoms with E-state index in [0.29, 0.717) is 28.9 Å². The van der Waals surface area contributed by atoms with Crippen molar-refractivity contribution in [2.45, 2.75) is 20.3 Å². The van der Waals surface area contributed by atoms with E-state index in [0.717, 1.165) is 28.5 Å². The molecule has 150 valence electrons. The Balaban J connectivity index is 2.10. The lowest BCUT2D eigenvalue weighted by Gasteiger charge is -2.09. The summed E-state index contributed by atoms with van der Waals surface area (Å²) < 4.78 is 15.9. The van der Waals surface area contributed by atoms with Crippen molar-refractivity contribution >= 4 is 17.8 Å². The highest BCUT2D eigenvalue weighted by molar-refractivity contribution is 5.97. The molecule has 0 radical (unpaired) electrons. The summed E-state index contributed by atoms with van der Waals surface area (Å²) in [4.78, 5) is 23.8. The number of halogens is 1. The smallest absolute Gasteiger partial charge is 0.335 e. The topological polar surface area (TPSA) is 58.8 Å². The molecule has 5 heteroatoms. The molecule has 0 atom stereocenters. The van der Waals surface area contributed by atoms with Crippen molar-refractivity contribution in [3.8, 4) is 11.1 Å². The average molecular weight is 401 g/mol. The van der Waals surface area contributed by atoms with Gasteiger partial charge in [-0.05, 0) is 54.3 Å². The van der Waals surface area contributed by atoms with E-state index in [2.05, 4.69) is 0 Å². The summed E-state index contributed by atoms with van der Waals surface area (Å²) in [6, 6.07) is 17.6. The number of nitrogens with zero attached hydrogens (tertiary/aromatic N) is 1. The molecule has 0 aliphatic heterocycles. The Morgan fingerprint density at radius 1 is 1.07 bits per heavy atom. The Kier molecular flexibility index (Phi) is 4.96. The second-order valence-corrected chi connectivity index (χ2v) is 7.33. The minimum absolute atomic E-state index is 0.153. The third kappa shape index (κ3) is 3.18. The summed E-state index contributed by atoms with van der Waals surface area (Å²) >= 11 is 0. The van der Waals surface area contributed by atoms with Gasteiger partial charge in [0.15, 0.2) is 6.29 Å². The van der Waals surface area contributed by atoms with Gasteiger partial charge in [0, 0.05) is 17.7 Å². The first-order chi connectivity index (χ1) is 14.4. The van der Waals surface area contributed by atoms with E-state index in [-0.39, 0.29) is 11.4 Å². The summed E-state index contributed by atoms with van der Waals surface area (Å²) in [6.45, 7) is 3.50. The van der Waals surface area contributed by atoms with Crippen LogP contribution in [0, 0.1) is 19.7 Å². The number of benzene rings is 2. The number of pyridine rings is 1. The first kappa shape index (κ1) is 19.6. The lowest BCUT2D eigenvalue weighted by atomic mass is 9.94. The average Bonchev–Trinajstić information content (AvgIpc) is 3.05. The molecular weight excluding hydrogens is 381 g/mol. The highest BCUT2D eigenvalue weighted by Crippen LogP contribution is 2.36. The Labute approximate surface area is 173 Å². The van der Waals surface area contributed by atoms with Crippen molar-refractivity contribution in [3.63, 3.8) is 0 Å². The summed E-state index contributed by atoms with van der Waals surface area (Å²) in [5.41, 5.74) is 5.60. The maximum atomic E-state index is 14.2. The third-order valence-electron chi connectivity index (χ3n) is 5.53. The van der Waals surface area contributed by atoms with Crippen LogP contribution in [0.1, 0.15) is 43.2 Å². The number of aromatic nitrogens is 1. The van der Waals surface area contributed by atoms with Crippen molar-refractivity contribution in [3.05, 3.63) is 100 Å². The van der Waals surface area contributed by atoms with Crippen LogP contribution in [-0.2, 0) is 6.42 Å². The SMILES string of the molecule is Cc1c(F)cccc1Cc1c(-c2ccccc2)c2cc(C(=O)O)cc(C)n2c1C=O. The van der Waals surface area contributed by atoms with Crippen molar-refractivity contribution < 1.29 is 19.1 Å². The van der Waals surface area contributed by atoms with Gasteiger partial charge in [0.1, 0.15) is 5.82 Å². The molecule has 30 heavy (non-hydrogen) atoms. The Hall–Kier alpha value is -3.73. The van der Waals surface area contributed by atoms with E-state index in [1.807, 2.05) is 36.4 Å². The molecule has 0 unspecified atom stereocenters. The minimum Gasteiger partial charge on any atom is -0.478 e. The fourth-order valence-electron chi connectivity index (χ4n) is 4.04.